The Morgan fingerprint density at radius 2 is 1.44 bits per heavy atom. The molecule has 3 aromatic rings. The third-order valence-electron chi connectivity index (χ3n) is 6.14. The molecule has 0 saturated carbocycles. The number of carbonyl (C=O) groups excluding carboxylic acids is 1. The molecule has 1 aliphatic rings. The zero-order chi connectivity index (χ0) is 28.3. The van der Waals surface area contributed by atoms with Crippen molar-refractivity contribution in [2.45, 2.75) is 27.0 Å². The van der Waals surface area contributed by atoms with Crippen LogP contribution in [0, 0.1) is 42.9 Å². The number of ether oxygens (including phenoxy) is 2. The second-order valence-electron chi connectivity index (χ2n) is 9.20. The van der Waals surface area contributed by atoms with Crippen LogP contribution in [0.1, 0.15) is 22.5 Å². The van der Waals surface area contributed by atoms with Gasteiger partial charge in [0.2, 0.25) is 40.3 Å². The lowest BCUT2D eigenvalue weighted by atomic mass is 10.1. The highest BCUT2D eigenvalue weighted by atomic mass is 19.2. The fourth-order valence-electron chi connectivity index (χ4n) is 4.25. The van der Waals surface area contributed by atoms with Gasteiger partial charge >= 0.3 is 0 Å². The Bertz CT molecular complexity index is 1390. The summed E-state index contributed by atoms with van der Waals surface area (Å²) in [4.78, 5) is 28.1. The van der Waals surface area contributed by atoms with Crippen molar-refractivity contribution in [3.63, 3.8) is 0 Å². The highest BCUT2D eigenvalue weighted by molar-refractivity contribution is 5.77. The molecule has 12 heteroatoms. The van der Waals surface area contributed by atoms with Crippen LogP contribution < -0.4 is 14.9 Å². The van der Waals surface area contributed by atoms with Gasteiger partial charge < -0.3 is 18.8 Å². The van der Waals surface area contributed by atoms with E-state index in [9.17, 15) is 31.5 Å². The minimum Gasteiger partial charge on any atom is -0.482 e. The fraction of sp³-hybridized carbons (Fsp3) is 0.333. The van der Waals surface area contributed by atoms with E-state index in [1.165, 1.54) is 17.2 Å². The van der Waals surface area contributed by atoms with E-state index >= 15 is 0 Å². The largest absolute Gasteiger partial charge is 0.482 e. The number of amides is 1. The molecule has 2 heterocycles. The van der Waals surface area contributed by atoms with Gasteiger partial charge in [-0.25, -0.2) is 13.2 Å². The summed E-state index contributed by atoms with van der Waals surface area (Å²) in [6.45, 7) is 4.73. The molecule has 0 unspecified atom stereocenters. The van der Waals surface area contributed by atoms with Crippen molar-refractivity contribution < 1.29 is 40.6 Å². The van der Waals surface area contributed by atoms with Crippen LogP contribution in [0.5, 0.6) is 11.5 Å². The number of rotatable bonds is 8. The number of nitrogens with zero attached hydrogens (tertiary/aromatic N) is 2. The molecule has 0 aliphatic carbocycles. The molecule has 7 nitrogen and oxygen atoms in total. The molecule has 0 bridgehead atoms. The summed E-state index contributed by atoms with van der Waals surface area (Å²) in [5.74, 6) is -12.6. The normalized spacial score (nSPS) is 14.0. The van der Waals surface area contributed by atoms with Gasteiger partial charge in [0, 0.05) is 32.2 Å². The molecule has 0 N–H and O–H groups in total. The average Bonchev–Trinajstić information content (AvgIpc) is 2.90. The molecule has 2 aromatic carbocycles. The van der Waals surface area contributed by atoms with Crippen LogP contribution in [-0.2, 0) is 17.9 Å². The van der Waals surface area contributed by atoms with Crippen molar-refractivity contribution in [3.05, 3.63) is 92.3 Å². The van der Waals surface area contributed by atoms with Gasteiger partial charge in [0.15, 0.2) is 12.4 Å². The third kappa shape index (κ3) is 6.56. The first-order valence-corrected chi connectivity index (χ1v) is 12.0. The maximum absolute atomic E-state index is 13.7. The molecule has 1 aromatic heterocycles. The highest BCUT2D eigenvalue weighted by Crippen LogP contribution is 2.29. The number of hydrogen-bond donors (Lipinski definition) is 0. The van der Waals surface area contributed by atoms with Crippen molar-refractivity contribution in [2.24, 2.45) is 0 Å². The standard InChI is InChI=1S/C27H25F5N2O5/c1-15-7-16(2)9-17(8-15)12-38-20-13-37-18(10-19(20)35)11-33-3-5-34(6-4-33)21(36)14-39-27-25(31)23(29)22(28)24(30)26(27)32/h7-10,13H,3-6,11-12,14H2,1-2H3. The molecule has 0 spiro atoms. The van der Waals surface area contributed by atoms with E-state index in [1.54, 1.807) is 0 Å². The van der Waals surface area contributed by atoms with Crippen molar-refractivity contribution in [1.29, 1.82) is 0 Å². The Morgan fingerprint density at radius 1 is 0.846 bits per heavy atom. The second-order valence-corrected chi connectivity index (χ2v) is 9.20. The summed E-state index contributed by atoms with van der Waals surface area (Å²) in [5.41, 5.74) is 2.78. The van der Waals surface area contributed by atoms with Crippen LogP contribution in [0.2, 0.25) is 0 Å². The van der Waals surface area contributed by atoms with Gasteiger partial charge in [-0.1, -0.05) is 29.3 Å². The molecule has 0 atom stereocenters. The lowest BCUT2D eigenvalue weighted by molar-refractivity contribution is -0.135. The topological polar surface area (TPSA) is 72.2 Å². The Morgan fingerprint density at radius 3 is 2.03 bits per heavy atom. The van der Waals surface area contributed by atoms with Gasteiger partial charge in [0.05, 0.1) is 6.54 Å². The SMILES string of the molecule is Cc1cc(C)cc(COc2coc(CN3CCN(C(=O)COc4c(F)c(F)c(F)c(F)c4F)CC3)cc2=O)c1. The number of carbonyl (C=O) groups is 1. The quantitative estimate of drug-likeness (QED) is 0.236. The van der Waals surface area contributed by atoms with Gasteiger partial charge in [-0.3, -0.25) is 14.5 Å². The van der Waals surface area contributed by atoms with Gasteiger partial charge in [0.25, 0.3) is 5.91 Å². The van der Waals surface area contributed by atoms with Crippen LogP contribution in [0.4, 0.5) is 22.0 Å². The Labute approximate surface area is 220 Å². The number of aryl methyl sites for hydroxylation is 2. The lowest BCUT2D eigenvalue weighted by Gasteiger charge is -2.34. The molecular weight excluding hydrogens is 527 g/mol. The van der Waals surface area contributed by atoms with Crippen LogP contribution in [0.15, 0.2) is 39.7 Å². The van der Waals surface area contributed by atoms with Gasteiger partial charge in [-0.15, -0.1) is 0 Å². The average molecular weight is 552 g/mol. The smallest absolute Gasteiger partial charge is 0.260 e. The maximum atomic E-state index is 13.7. The molecule has 1 fully saturated rings. The van der Waals surface area contributed by atoms with E-state index in [4.69, 9.17) is 9.15 Å². The van der Waals surface area contributed by atoms with Crippen molar-refractivity contribution in [3.8, 4) is 11.5 Å². The fourth-order valence-corrected chi connectivity index (χ4v) is 4.25. The van der Waals surface area contributed by atoms with Crippen molar-refractivity contribution in [2.75, 3.05) is 32.8 Å². The number of halogens is 5. The van der Waals surface area contributed by atoms with Gasteiger partial charge in [-0.05, 0) is 19.4 Å². The zero-order valence-corrected chi connectivity index (χ0v) is 21.2. The molecule has 0 radical (unpaired) electrons. The third-order valence-corrected chi connectivity index (χ3v) is 6.14. The molecule has 1 aliphatic heterocycles. The first-order chi connectivity index (χ1) is 18.5. The zero-order valence-electron chi connectivity index (χ0n) is 21.2. The van der Waals surface area contributed by atoms with E-state index < -0.39 is 47.3 Å². The Balaban J connectivity index is 1.27. The van der Waals surface area contributed by atoms with Crippen LogP contribution in [-0.4, -0.2) is 48.5 Å². The summed E-state index contributed by atoms with van der Waals surface area (Å²) >= 11 is 0. The molecule has 1 amide bonds. The molecule has 4 rings (SSSR count). The molecule has 1 saturated heterocycles. The number of hydrogen-bond acceptors (Lipinski definition) is 6. The first kappa shape index (κ1) is 28.1. The molecule has 208 valence electrons. The summed E-state index contributed by atoms with van der Waals surface area (Å²) in [7, 11) is 0. The molecule has 39 heavy (non-hydrogen) atoms. The summed E-state index contributed by atoms with van der Waals surface area (Å²) in [5, 5.41) is 0. The lowest BCUT2D eigenvalue weighted by Crippen LogP contribution is -2.49. The number of benzene rings is 2. The predicted molar refractivity (Wildman–Crippen MR) is 129 cm³/mol. The Kier molecular flexibility index (Phi) is 8.54. The van der Waals surface area contributed by atoms with Gasteiger partial charge in [0.1, 0.15) is 18.6 Å². The van der Waals surface area contributed by atoms with Crippen LogP contribution in [0.25, 0.3) is 0 Å². The van der Waals surface area contributed by atoms with E-state index in [0.717, 1.165) is 16.7 Å². The maximum Gasteiger partial charge on any atom is 0.260 e. The second kappa shape index (κ2) is 11.9. The Hall–Kier alpha value is -3.93. The monoisotopic (exact) mass is 552 g/mol. The van der Waals surface area contributed by atoms with E-state index in [-0.39, 0.29) is 37.4 Å². The summed E-state index contributed by atoms with van der Waals surface area (Å²) in [6, 6.07) is 7.32. The summed E-state index contributed by atoms with van der Waals surface area (Å²) < 4.78 is 83.1. The summed E-state index contributed by atoms with van der Waals surface area (Å²) in [6.07, 6.45) is 1.26. The van der Waals surface area contributed by atoms with E-state index in [1.807, 2.05) is 36.9 Å². The van der Waals surface area contributed by atoms with Crippen molar-refractivity contribution >= 4 is 5.91 Å². The van der Waals surface area contributed by atoms with Crippen LogP contribution in [0.3, 0.4) is 0 Å². The van der Waals surface area contributed by atoms with E-state index in [2.05, 4.69) is 4.74 Å². The number of piperazine rings is 1. The first-order valence-electron chi connectivity index (χ1n) is 12.0. The highest BCUT2D eigenvalue weighted by Gasteiger charge is 2.28. The van der Waals surface area contributed by atoms with Crippen LogP contribution >= 0.6 is 0 Å². The molecular formula is C27H25F5N2O5. The van der Waals surface area contributed by atoms with Crippen molar-refractivity contribution in [1.82, 2.24) is 9.80 Å². The minimum absolute atomic E-state index is 0.0853. The minimum atomic E-state index is -2.31. The van der Waals surface area contributed by atoms with Gasteiger partial charge in [-0.2, -0.15) is 8.78 Å². The van der Waals surface area contributed by atoms with E-state index in [0.29, 0.717) is 18.8 Å². The predicted octanol–water partition coefficient (Wildman–Crippen LogP) is 4.25.